The highest BCUT2D eigenvalue weighted by Crippen LogP contribution is 2.31. The van der Waals surface area contributed by atoms with Crippen LogP contribution in [0.5, 0.6) is 0 Å². The molecule has 24 heavy (non-hydrogen) atoms. The highest BCUT2D eigenvalue weighted by Gasteiger charge is 2.50. The summed E-state index contributed by atoms with van der Waals surface area (Å²) in [5.41, 5.74) is 7.48. The van der Waals surface area contributed by atoms with E-state index in [1.807, 2.05) is 54.6 Å². The van der Waals surface area contributed by atoms with Gasteiger partial charge in [-0.3, -0.25) is 9.69 Å². The quantitative estimate of drug-likeness (QED) is 0.849. The number of nitrogens with two attached hydrogens (primary N) is 1. The van der Waals surface area contributed by atoms with E-state index in [1.54, 1.807) is 13.8 Å². The van der Waals surface area contributed by atoms with Crippen molar-refractivity contribution in [1.82, 2.24) is 10.2 Å². The number of nitrogens with zero attached hydrogens (tertiary/aromatic N) is 1. The molecule has 3 N–H and O–H groups in total. The van der Waals surface area contributed by atoms with Crippen molar-refractivity contribution in [3.8, 4) is 11.1 Å². The van der Waals surface area contributed by atoms with E-state index in [0.29, 0.717) is 0 Å². The molecule has 1 saturated heterocycles. The van der Waals surface area contributed by atoms with E-state index >= 15 is 0 Å². The first-order valence-electron chi connectivity index (χ1n) is 7.99. The number of rotatable bonds is 4. The summed E-state index contributed by atoms with van der Waals surface area (Å²) in [4.78, 5) is 26.2. The van der Waals surface area contributed by atoms with Crippen molar-refractivity contribution in [2.24, 2.45) is 5.73 Å². The van der Waals surface area contributed by atoms with Crippen LogP contribution in [0.2, 0.25) is 0 Å². The van der Waals surface area contributed by atoms with Crippen LogP contribution in [0, 0.1) is 0 Å². The largest absolute Gasteiger partial charge is 0.328 e. The van der Waals surface area contributed by atoms with Gasteiger partial charge in [-0.05, 0) is 30.5 Å². The molecule has 5 nitrogen and oxygen atoms in total. The van der Waals surface area contributed by atoms with Gasteiger partial charge in [0.1, 0.15) is 5.54 Å². The summed E-state index contributed by atoms with van der Waals surface area (Å²) in [5.74, 6) is -0.266. The van der Waals surface area contributed by atoms with Crippen molar-refractivity contribution in [3.05, 3.63) is 60.2 Å². The fourth-order valence-electron chi connectivity index (χ4n) is 2.99. The van der Waals surface area contributed by atoms with Crippen LogP contribution in [0.25, 0.3) is 11.1 Å². The van der Waals surface area contributed by atoms with Gasteiger partial charge in [-0.2, -0.15) is 0 Å². The molecule has 3 amide bonds. The molecule has 0 bridgehead atoms. The predicted octanol–water partition coefficient (Wildman–Crippen LogP) is 2.47. The molecule has 2 atom stereocenters. The van der Waals surface area contributed by atoms with Gasteiger partial charge in [0.25, 0.3) is 5.91 Å². The Hall–Kier alpha value is -2.66. The number of carbonyl (C=O) groups is 2. The summed E-state index contributed by atoms with van der Waals surface area (Å²) >= 11 is 0. The Balaban J connectivity index is 1.91. The van der Waals surface area contributed by atoms with Gasteiger partial charge in [0.15, 0.2) is 0 Å². The third-order valence-electron chi connectivity index (χ3n) is 4.57. The summed E-state index contributed by atoms with van der Waals surface area (Å²) in [6.45, 7) is 3.73. The summed E-state index contributed by atoms with van der Waals surface area (Å²) in [5, 5.41) is 2.80. The molecule has 5 heteroatoms. The number of urea groups is 1. The van der Waals surface area contributed by atoms with E-state index < -0.39 is 11.6 Å². The second kappa shape index (κ2) is 6.09. The standard InChI is InChI=1S/C19H21N3O2/c1-13(12-20)22-17(23)19(2,21-18(22)24)16-10-8-15(9-11-16)14-6-4-3-5-7-14/h3-11,13H,12,20H2,1-2H3,(H,21,24). The number of imide groups is 1. The van der Waals surface area contributed by atoms with Gasteiger partial charge in [0.2, 0.25) is 0 Å². The minimum absolute atomic E-state index is 0.238. The average Bonchev–Trinajstić information content (AvgIpc) is 2.85. The lowest BCUT2D eigenvalue weighted by molar-refractivity contribution is -0.132. The van der Waals surface area contributed by atoms with Gasteiger partial charge in [-0.1, -0.05) is 54.6 Å². The smallest absolute Gasteiger partial charge is 0.325 e. The molecular weight excluding hydrogens is 302 g/mol. The van der Waals surface area contributed by atoms with E-state index in [9.17, 15) is 9.59 Å². The number of benzene rings is 2. The molecule has 3 rings (SSSR count). The maximum Gasteiger partial charge on any atom is 0.325 e. The van der Waals surface area contributed by atoms with Crippen LogP contribution < -0.4 is 11.1 Å². The molecule has 0 radical (unpaired) electrons. The molecule has 2 aromatic rings. The minimum Gasteiger partial charge on any atom is -0.328 e. The Kier molecular flexibility index (Phi) is 4.11. The highest BCUT2D eigenvalue weighted by atomic mass is 16.2. The van der Waals surface area contributed by atoms with Gasteiger partial charge in [0.05, 0.1) is 6.04 Å². The van der Waals surface area contributed by atoms with Crippen molar-refractivity contribution < 1.29 is 9.59 Å². The van der Waals surface area contributed by atoms with E-state index in [1.165, 1.54) is 4.90 Å². The molecule has 124 valence electrons. The molecule has 0 aliphatic carbocycles. The minimum atomic E-state index is -1.06. The van der Waals surface area contributed by atoms with Gasteiger partial charge in [-0.25, -0.2) is 4.79 Å². The topological polar surface area (TPSA) is 75.4 Å². The van der Waals surface area contributed by atoms with Crippen LogP contribution >= 0.6 is 0 Å². The van der Waals surface area contributed by atoms with Crippen LogP contribution in [-0.2, 0) is 10.3 Å². The van der Waals surface area contributed by atoms with Crippen molar-refractivity contribution in [3.63, 3.8) is 0 Å². The second-order valence-corrected chi connectivity index (χ2v) is 6.26. The Morgan fingerprint density at radius 3 is 2.21 bits per heavy atom. The van der Waals surface area contributed by atoms with Crippen molar-refractivity contribution in [2.45, 2.75) is 25.4 Å². The van der Waals surface area contributed by atoms with Crippen molar-refractivity contribution in [1.29, 1.82) is 0 Å². The maximum atomic E-state index is 12.8. The molecule has 0 saturated carbocycles. The zero-order chi connectivity index (χ0) is 17.3. The van der Waals surface area contributed by atoms with Crippen LogP contribution in [0.1, 0.15) is 19.4 Å². The lowest BCUT2D eigenvalue weighted by Crippen LogP contribution is -2.45. The van der Waals surface area contributed by atoms with E-state index in [4.69, 9.17) is 5.73 Å². The van der Waals surface area contributed by atoms with Crippen LogP contribution in [0.3, 0.4) is 0 Å². The lowest BCUT2D eigenvalue weighted by atomic mass is 9.90. The SMILES string of the molecule is CC(CN)N1C(=O)NC(C)(c2ccc(-c3ccccc3)cc2)C1=O. The number of amides is 3. The Bertz CT molecular complexity index is 758. The fourth-order valence-corrected chi connectivity index (χ4v) is 2.99. The molecule has 2 aromatic carbocycles. The number of nitrogens with one attached hydrogen (secondary N) is 1. The molecule has 0 spiro atoms. The fraction of sp³-hybridized carbons (Fsp3) is 0.263. The van der Waals surface area contributed by atoms with Gasteiger partial charge in [-0.15, -0.1) is 0 Å². The van der Waals surface area contributed by atoms with Gasteiger partial charge in [0, 0.05) is 6.54 Å². The lowest BCUT2D eigenvalue weighted by Gasteiger charge is -2.24. The van der Waals surface area contributed by atoms with Crippen LogP contribution in [0.4, 0.5) is 4.79 Å². The molecule has 0 aromatic heterocycles. The molecule has 1 heterocycles. The van der Waals surface area contributed by atoms with E-state index in [-0.39, 0.29) is 18.5 Å². The van der Waals surface area contributed by atoms with Crippen LogP contribution in [-0.4, -0.2) is 29.4 Å². The Morgan fingerprint density at radius 2 is 1.62 bits per heavy atom. The third-order valence-corrected chi connectivity index (χ3v) is 4.57. The zero-order valence-corrected chi connectivity index (χ0v) is 13.8. The monoisotopic (exact) mass is 323 g/mol. The summed E-state index contributed by atoms with van der Waals surface area (Å²) in [6, 6.07) is 17.0. The van der Waals surface area contributed by atoms with Crippen LogP contribution in [0.15, 0.2) is 54.6 Å². The Labute approximate surface area is 141 Å². The number of hydrogen-bond donors (Lipinski definition) is 2. The first-order chi connectivity index (χ1) is 11.5. The third kappa shape index (κ3) is 2.57. The zero-order valence-electron chi connectivity index (χ0n) is 13.8. The number of hydrogen-bond acceptors (Lipinski definition) is 3. The predicted molar refractivity (Wildman–Crippen MR) is 93.1 cm³/mol. The van der Waals surface area contributed by atoms with Gasteiger partial charge < -0.3 is 11.1 Å². The summed E-state index contributed by atoms with van der Waals surface area (Å²) < 4.78 is 0. The molecule has 1 aliphatic rings. The Morgan fingerprint density at radius 1 is 1.04 bits per heavy atom. The molecule has 1 fully saturated rings. The summed E-state index contributed by atoms with van der Waals surface area (Å²) in [6.07, 6.45) is 0. The van der Waals surface area contributed by atoms with E-state index in [2.05, 4.69) is 5.32 Å². The summed E-state index contributed by atoms with van der Waals surface area (Å²) in [7, 11) is 0. The second-order valence-electron chi connectivity index (χ2n) is 6.26. The first kappa shape index (κ1) is 16.2. The van der Waals surface area contributed by atoms with E-state index in [0.717, 1.165) is 16.7 Å². The normalized spacial score (nSPS) is 21.7. The van der Waals surface area contributed by atoms with Crippen molar-refractivity contribution >= 4 is 11.9 Å². The molecular formula is C19H21N3O2. The highest BCUT2D eigenvalue weighted by molar-refractivity contribution is 6.07. The van der Waals surface area contributed by atoms with Crippen molar-refractivity contribution in [2.75, 3.05) is 6.54 Å². The average molecular weight is 323 g/mol. The number of carbonyl (C=O) groups excluding carboxylic acids is 2. The first-order valence-corrected chi connectivity index (χ1v) is 7.99. The van der Waals surface area contributed by atoms with Gasteiger partial charge >= 0.3 is 6.03 Å². The molecule has 2 unspecified atom stereocenters. The maximum absolute atomic E-state index is 12.8. The molecule has 1 aliphatic heterocycles.